The van der Waals surface area contributed by atoms with Crippen molar-refractivity contribution < 1.29 is 14.6 Å². The molecule has 0 saturated carbocycles. The lowest BCUT2D eigenvalue weighted by Gasteiger charge is -2.24. The predicted octanol–water partition coefficient (Wildman–Crippen LogP) is 2.89. The highest BCUT2D eigenvalue weighted by Crippen LogP contribution is 2.32. The van der Waals surface area contributed by atoms with E-state index in [4.69, 9.17) is 9.47 Å². The maximum absolute atomic E-state index is 9.47. The highest BCUT2D eigenvalue weighted by Gasteiger charge is 2.17. The molecule has 1 heterocycles. The van der Waals surface area contributed by atoms with Gasteiger partial charge in [0, 0.05) is 0 Å². The Labute approximate surface area is 119 Å². The molecule has 19 heavy (non-hydrogen) atoms. The molecule has 0 amide bonds. The quantitative estimate of drug-likeness (QED) is 0.901. The van der Waals surface area contributed by atoms with E-state index < -0.39 is 0 Å². The van der Waals surface area contributed by atoms with Crippen LogP contribution in [0, 0.1) is 0 Å². The molecule has 3 nitrogen and oxygen atoms in total. The third kappa shape index (κ3) is 4.32. The van der Waals surface area contributed by atoms with Crippen LogP contribution in [-0.4, -0.2) is 35.9 Å². The first kappa shape index (κ1) is 14.5. The summed E-state index contributed by atoms with van der Waals surface area (Å²) in [6, 6.07) is 5.90. The monoisotopic (exact) mass is 282 g/mol. The van der Waals surface area contributed by atoms with Crippen LogP contribution in [0.2, 0.25) is 0 Å². The molecule has 1 fully saturated rings. The van der Waals surface area contributed by atoms with Crippen molar-refractivity contribution in [2.75, 3.05) is 18.6 Å². The minimum atomic E-state index is -0.340. The van der Waals surface area contributed by atoms with Crippen molar-refractivity contribution in [3.8, 4) is 11.5 Å². The molecule has 1 atom stereocenters. The molecule has 1 unspecified atom stereocenters. The lowest BCUT2D eigenvalue weighted by Crippen LogP contribution is -2.22. The molecule has 1 aliphatic rings. The normalized spacial score (nSPS) is 18.1. The SMILES string of the molecule is COc1ccc(CC(C)O)cc1OC1CCSCC1. The van der Waals surface area contributed by atoms with Crippen LogP contribution in [0.5, 0.6) is 11.5 Å². The summed E-state index contributed by atoms with van der Waals surface area (Å²) < 4.78 is 11.4. The first-order valence-electron chi connectivity index (χ1n) is 6.78. The molecule has 2 rings (SSSR count). The van der Waals surface area contributed by atoms with Gasteiger partial charge in [0.15, 0.2) is 11.5 Å². The summed E-state index contributed by atoms with van der Waals surface area (Å²) in [5.74, 6) is 3.91. The standard InChI is InChI=1S/C15H22O3S/c1-11(16)9-12-3-4-14(17-2)15(10-12)18-13-5-7-19-8-6-13/h3-4,10-11,13,16H,5-9H2,1-2H3. The summed E-state index contributed by atoms with van der Waals surface area (Å²) in [4.78, 5) is 0. The first-order valence-corrected chi connectivity index (χ1v) is 7.94. The summed E-state index contributed by atoms with van der Waals surface area (Å²) in [6.45, 7) is 1.79. The number of methoxy groups -OCH3 is 1. The number of hydrogen-bond acceptors (Lipinski definition) is 4. The second-order valence-electron chi connectivity index (χ2n) is 4.97. The van der Waals surface area contributed by atoms with E-state index in [0.717, 1.165) is 29.9 Å². The lowest BCUT2D eigenvalue weighted by atomic mass is 10.1. The number of aliphatic hydroxyl groups is 1. The molecule has 0 radical (unpaired) electrons. The molecule has 0 aliphatic carbocycles. The summed E-state index contributed by atoms with van der Waals surface area (Å²) in [5, 5.41) is 9.47. The van der Waals surface area contributed by atoms with Gasteiger partial charge in [0.1, 0.15) is 6.10 Å². The number of thioether (sulfide) groups is 1. The molecular formula is C15H22O3S. The Hall–Kier alpha value is -0.870. The van der Waals surface area contributed by atoms with Gasteiger partial charge in [-0.2, -0.15) is 11.8 Å². The zero-order valence-corrected chi connectivity index (χ0v) is 12.4. The predicted molar refractivity (Wildman–Crippen MR) is 79.4 cm³/mol. The van der Waals surface area contributed by atoms with Gasteiger partial charge in [0.05, 0.1) is 13.2 Å². The third-order valence-corrected chi connectivity index (χ3v) is 4.27. The van der Waals surface area contributed by atoms with Crippen molar-refractivity contribution in [3.05, 3.63) is 23.8 Å². The number of rotatable bonds is 5. The number of aliphatic hydroxyl groups excluding tert-OH is 1. The van der Waals surface area contributed by atoms with Gasteiger partial charge in [-0.3, -0.25) is 0 Å². The lowest BCUT2D eigenvalue weighted by molar-refractivity contribution is 0.183. The average Bonchev–Trinajstić information content (AvgIpc) is 2.39. The van der Waals surface area contributed by atoms with Crippen molar-refractivity contribution >= 4 is 11.8 Å². The van der Waals surface area contributed by atoms with Crippen LogP contribution >= 0.6 is 11.8 Å². The maximum atomic E-state index is 9.47. The molecule has 1 aromatic rings. The van der Waals surface area contributed by atoms with E-state index in [1.165, 1.54) is 11.5 Å². The number of benzene rings is 1. The van der Waals surface area contributed by atoms with Crippen molar-refractivity contribution in [2.45, 2.75) is 38.4 Å². The molecule has 0 spiro atoms. The highest BCUT2D eigenvalue weighted by atomic mass is 32.2. The van der Waals surface area contributed by atoms with Crippen LogP contribution in [-0.2, 0) is 6.42 Å². The van der Waals surface area contributed by atoms with Crippen LogP contribution in [0.3, 0.4) is 0 Å². The number of hydrogen-bond donors (Lipinski definition) is 1. The maximum Gasteiger partial charge on any atom is 0.161 e. The number of ether oxygens (including phenoxy) is 2. The minimum absolute atomic E-state index is 0.289. The van der Waals surface area contributed by atoms with Gasteiger partial charge in [0.2, 0.25) is 0 Å². The second kappa shape index (κ2) is 7.06. The highest BCUT2D eigenvalue weighted by molar-refractivity contribution is 7.99. The van der Waals surface area contributed by atoms with Gasteiger partial charge >= 0.3 is 0 Å². The molecule has 1 N–H and O–H groups in total. The van der Waals surface area contributed by atoms with Crippen molar-refractivity contribution in [2.24, 2.45) is 0 Å². The minimum Gasteiger partial charge on any atom is -0.493 e. The third-order valence-electron chi connectivity index (χ3n) is 3.22. The Morgan fingerprint density at radius 2 is 2.05 bits per heavy atom. The Bertz CT molecular complexity index is 400. The summed E-state index contributed by atoms with van der Waals surface area (Å²) in [5.41, 5.74) is 1.08. The van der Waals surface area contributed by atoms with E-state index in [2.05, 4.69) is 0 Å². The largest absolute Gasteiger partial charge is 0.493 e. The van der Waals surface area contributed by atoms with Crippen LogP contribution in [0.25, 0.3) is 0 Å². The van der Waals surface area contributed by atoms with E-state index in [1.807, 2.05) is 30.0 Å². The van der Waals surface area contributed by atoms with E-state index in [1.54, 1.807) is 14.0 Å². The van der Waals surface area contributed by atoms with Crippen molar-refractivity contribution in [3.63, 3.8) is 0 Å². The van der Waals surface area contributed by atoms with Crippen molar-refractivity contribution in [1.82, 2.24) is 0 Å². The first-order chi connectivity index (χ1) is 9.19. The van der Waals surface area contributed by atoms with Crippen molar-refractivity contribution in [1.29, 1.82) is 0 Å². The van der Waals surface area contributed by atoms with Crippen LogP contribution in [0.4, 0.5) is 0 Å². The molecule has 1 aromatic carbocycles. The molecule has 1 aliphatic heterocycles. The van der Waals surface area contributed by atoms with Gasteiger partial charge < -0.3 is 14.6 Å². The fraction of sp³-hybridized carbons (Fsp3) is 0.600. The van der Waals surface area contributed by atoms with E-state index in [9.17, 15) is 5.11 Å². The summed E-state index contributed by atoms with van der Waals surface area (Å²) >= 11 is 1.99. The molecule has 0 aromatic heterocycles. The second-order valence-corrected chi connectivity index (χ2v) is 6.19. The Kier molecular flexibility index (Phi) is 5.40. The van der Waals surface area contributed by atoms with Crippen LogP contribution in [0.15, 0.2) is 18.2 Å². The molecule has 4 heteroatoms. The Morgan fingerprint density at radius 3 is 2.68 bits per heavy atom. The molecule has 106 valence electrons. The zero-order valence-electron chi connectivity index (χ0n) is 11.6. The molecule has 1 saturated heterocycles. The summed E-state index contributed by atoms with van der Waals surface area (Å²) in [6.07, 6.45) is 2.77. The zero-order chi connectivity index (χ0) is 13.7. The molecular weight excluding hydrogens is 260 g/mol. The van der Waals surface area contributed by atoms with E-state index in [0.29, 0.717) is 6.42 Å². The average molecular weight is 282 g/mol. The van der Waals surface area contributed by atoms with Gasteiger partial charge in [-0.05, 0) is 55.4 Å². The van der Waals surface area contributed by atoms with E-state index >= 15 is 0 Å². The van der Waals surface area contributed by atoms with Gasteiger partial charge in [-0.1, -0.05) is 6.07 Å². The fourth-order valence-corrected chi connectivity index (χ4v) is 3.32. The van der Waals surface area contributed by atoms with Gasteiger partial charge in [-0.25, -0.2) is 0 Å². The van der Waals surface area contributed by atoms with Crippen LogP contribution < -0.4 is 9.47 Å². The Balaban J connectivity index is 2.10. The van der Waals surface area contributed by atoms with Crippen LogP contribution in [0.1, 0.15) is 25.3 Å². The fourth-order valence-electron chi connectivity index (χ4n) is 2.25. The van der Waals surface area contributed by atoms with Gasteiger partial charge in [0.25, 0.3) is 0 Å². The smallest absolute Gasteiger partial charge is 0.161 e. The summed E-state index contributed by atoms with van der Waals surface area (Å²) in [7, 11) is 1.66. The topological polar surface area (TPSA) is 38.7 Å². The van der Waals surface area contributed by atoms with E-state index in [-0.39, 0.29) is 12.2 Å². The van der Waals surface area contributed by atoms with Gasteiger partial charge in [-0.15, -0.1) is 0 Å². The Morgan fingerprint density at radius 1 is 1.32 bits per heavy atom. The molecule has 0 bridgehead atoms.